The van der Waals surface area contributed by atoms with Crippen LogP contribution in [0.25, 0.3) is 22.4 Å². The van der Waals surface area contributed by atoms with Crippen LogP contribution in [0.2, 0.25) is 0 Å². The summed E-state index contributed by atoms with van der Waals surface area (Å²) in [6, 6.07) is 13.8. The fourth-order valence-corrected chi connectivity index (χ4v) is 4.37. The van der Waals surface area contributed by atoms with Crippen molar-refractivity contribution in [2.45, 2.75) is 49.4 Å². The van der Waals surface area contributed by atoms with Crippen LogP contribution in [0.4, 0.5) is 0 Å². The maximum Gasteiger partial charge on any atom is 0.294 e. The molecule has 35 heavy (non-hydrogen) atoms. The zero-order valence-corrected chi connectivity index (χ0v) is 23.4. The standard InChI is InChI=1S/C13H10N2O3S.C11H24O4Si/c16-19(17,18)10-6-7-11-12(8-10)15-13(14-11)9-4-2-1-3-5-9;1-13-11(14-2,15-3)9-7-5-4-6-8-10(12)16/h1-8H,(H,14,15)(H,16,17,18);4-9H2,1-3,16H3. The van der Waals surface area contributed by atoms with E-state index in [1.807, 2.05) is 30.3 Å². The molecule has 9 nitrogen and oxygen atoms in total. The summed E-state index contributed by atoms with van der Waals surface area (Å²) in [6.07, 6.45) is 5.60. The number of carbonyl (C=O) groups is 1. The first-order valence-corrected chi connectivity index (χ1v) is 13.8. The lowest BCUT2D eigenvalue weighted by molar-refractivity contribution is -0.355. The minimum atomic E-state index is -4.20. The average molecular weight is 523 g/mol. The SMILES string of the molecule is COC(CCCCCCC(=O)[SiH3])(OC)OC.O=S(=O)(O)c1ccc2nc(-c3ccccc3)[nH]c2c1. The third-order valence-corrected chi connectivity index (χ3v) is 6.84. The molecule has 192 valence electrons. The molecule has 0 spiro atoms. The maximum absolute atomic E-state index is 11.1. The van der Waals surface area contributed by atoms with E-state index in [4.69, 9.17) is 18.8 Å². The predicted molar refractivity (Wildman–Crippen MR) is 138 cm³/mol. The number of rotatable bonds is 12. The molecule has 11 heteroatoms. The molecule has 0 bridgehead atoms. The van der Waals surface area contributed by atoms with Crippen molar-refractivity contribution in [1.29, 1.82) is 0 Å². The Morgan fingerprint density at radius 2 is 1.63 bits per heavy atom. The van der Waals surface area contributed by atoms with E-state index >= 15 is 0 Å². The Morgan fingerprint density at radius 3 is 2.20 bits per heavy atom. The van der Waals surface area contributed by atoms with Gasteiger partial charge in [0.05, 0.1) is 26.2 Å². The van der Waals surface area contributed by atoms with Crippen molar-refractivity contribution in [3.63, 3.8) is 0 Å². The van der Waals surface area contributed by atoms with Crippen molar-refractivity contribution in [3.05, 3.63) is 48.5 Å². The van der Waals surface area contributed by atoms with E-state index in [9.17, 15) is 13.2 Å². The van der Waals surface area contributed by atoms with Crippen molar-refractivity contribution in [2.24, 2.45) is 0 Å². The number of aromatic nitrogens is 2. The molecule has 0 aliphatic heterocycles. The second-order valence-corrected chi connectivity index (χ2v) is 10.6. The number of aromatic amines is 1. The molecular formula is C24H34N2O7SSi. The van der Waals surface area contributed by atoms with Gasteiger partial charge in [-0.3, -0.25) is 4.55 Å². The number of imidazole rings is 1. The van der Waals surface area contributed by atoms with Crippen LogP contribution >= 0.6 is 0 Å². The Morgan fingerprint density at radius 1 is 1.00 bits per heavy atom. The van der Waals surface area contributed by atoms with Gasteiger partial charge in [-0.25, -0.2) is 4.98 Å². The normalized spacial score (nSPS) is 11.9. The van der Waals surface area contributed by atoms with Crippen molar-refractivity contribution in [1.82, 2.24) is 9.97 Å². The number of methoxy groups -OCH3 is 3. The van der Waals surface area contributed by atoms with Crippen LogP contribution in [0.15, 0.2) is 53.4 Å². The molecule has 0 saturated carbocycles. The first-order chi connectivity index (χ1) is 16.6. The molecule has 0 unspecified atom stereocenters. The van der Waals surface area contributed by atoms with Crippen LogP contribution in [0.5, 0.6) is 0 Å². The maximum atomic E-state index is 11.1. The average Bonchev–Trinajstić information content (AvgIpc) is 3.28. The minimum absolute atomic E-state index is 0.150. The van der Waals surface area contributed by atoms with Gasteiger partial charge >= 0.3 is 0 Å². The lowest BCUT2D eigenvalue weighted by Crippen LogP contribution is -2.35. The van der Waals surface area contributed by atoms with Gasteiger partial charge in [0.1, 0.15) is 11.2 Å². The van der Waals surface area contributed by atoms with E-state index in [2.05, 4.69) is 9.97 Å². The molecule has 0 aliphatic carbocycles. The lowest BCUT2D eigenvalue weighted by Gasteiger charge is -2.28. The quantitative estimate of drug-likeness (QED) is 0.161. The molecule has 0 fully saturated rings. The van der Waals surface area contributed by atoms with Gasteiger partial charge in [0.15, 0.2) is 0 Å². The third kappa shape index (κ3) is 8.95. The number of unbranched alkanes of at least 4 members (excludes halogenated alkanes) is 3. The second kappa shape index (κ2) is 13.6. The molecule has 1 aromatic heterocycles. The van der Waals surface area contributed by atoms with Gasteiger partial charge in [0.25, 0.3) is 16.1 Å². The van der Waals surface area contributed by atoms with Crippen LogP contribution < -0.4 is 0 Å². The first-order valence-electron chi connectivity index (χ1n) is 11.3. The van der Waals surface area contributed by atoms with E-state index in [0.717, 1.165) is 37.7 Å². The number of ether oxygens (including phenoxy) is 3. The number of nitrogens with one attached hydrogen (secondary N) is 1. The highest BCUT2D eigenvalue weighted by atomic mass is 32.2. The Kier molecular flexibility index (Phi) is 11.2. The number of hydrogen-bond acceptors (Lipinski definition) is 7. The van der Waals surface area contributed by atoms with Crippen LogP contribution in [0, 0.1) is 0 Å². The third-order valence-electron chi connectivity index (χ3n) is 5.49. The van der Waals surface area contributed by atoms with Crippen molar-refractivity contribution >= 4 is 36.8 Å². The molecule has 2 aromatic carbocycles. The summed E-state index contributed by atoms with van der Waals surface area (Å²) in [7, 11) is 1.22. The number of fused-ring (bicyclic) bond motifs is 1. The number of nitrogens with zero attached hydrogens (tertiary/aromatic N) is 1. The fourth-order valence-electron chi connectivity index (χ4n) is 3.51. The smallest absolute Gasteiger partial charge is 0.294 e. The highest BCUT2D eigenvalue weighted by Crippen LogP contribution is 2.23. The first kappa shape index (κ1) is 28.8. The van der Waals surface area contributed by atoms with Crippen LogP contribution in [0.1, 0.15) is 38.5 Å². The molecule has 3 rings (SSSR count). The van der Waals surface area contributed by atoms with Crippen LogP contribution in [0.3, 0.4) is 0 Å². The van der Waals surface area contributed by atoms with Crippen molar-refractivity contribution in [3.8, 4) is 11.4 Å². The van der Waals surface area contributed by atoms with Gasteiger partial charge in [-0.15, -0.1) is 0 Å². The monoisotopic (exact) mass is 522 g/mol. The molecule has 0 atom stereocenters. The molecule has 1 heterocycles. The predicted octanol–water partition coefficient (Wildman–Crippen LogP) is 3.29. The minimum Gasteiger partial charge on any atom is -0.338 e. The largest absolute Gasteiger partial charge is 0.338 e. The zero-order valence-electron chi connectivity index (χ0n) is 20.6. The van der Waals surface area contributed by atoms with E-state index in [-0.39, 0.29) is 4.90 Å². The molecule has 2 N–H and O–H groups in total. The van der Waals surface area contributed by atoms with E-state index in [1.54, 1.807) is 27.4 Å². The number of H-pyrrole nitrogens is 1. The zero-order chi connectivity index (χ0) is 25.9. The molecule has 0 aliphatic rings. The van der Waals surface area contributed by atoms with Crippen LogP contribution in [-0.4, -0.2) is 65.9 Å². The Labute approximate surface area is 209 Å². The summed E-state index contributed by atoms with van der Waals surface area (Å²) in [5.41, 5.74) is 2.12. The number of carbonyl (C=O) groups excluding carboxylic acids is 1. The summed E-state index contributed by atoms with van der Waals surface area (Å²) >= 11 is 0. The topological polar surface area (TPSA) is 128 Å². The molecular weight excluding hydrogens is 488 g/mol. The molecule has 3 aromatic rings. The molecule has 0 amide bonds. The summed E-state index contributed by atoms with van der Waals surface area (Å²) in [5.74, 6) is -0.240. The Bertz CT molecular complexity index is 1170. The van der Waals surface area contributed by atoms with Crippen LogP contribution in [-0.2, 0) is 29.1 Å². The lowest BCUT2D eigenvalue weighted by atomic mass is 10.1. The fraction of sp³-hybridized carbons (Fsp3) is 0.417. The van der Waals surface area contributed by atoms with E-state index < -0.39 is 16.1 Å². The highest BCUT2D eigenvalue weighted by molar-refractivity contribution is 7.85. The number of hydrogen-bond donors (Lipinski definition) is 2. The van der Waals surface area contributed by atoms with E-state index in [0.29, 0.717) is 38.9 Å². The van der Waals surface area contributed by atoms with Crippen molar-refractivity contribution in [2.75, 3.05) is 21.3 Å². The van der Waals surface area contributed by atoms with E-state index in [1.165, 1.54) is 12.1 Å². The van der Waals surface area contributed by atoms with Gasteiger partial charge in [0.2, 0.25) is 0 Å². The number of benzene rings is 2. The Hall–Kier alpha value is -2.41. The van der Waals surface area contributed by atoms with Gasteiger partial charge in [-0.05, 0) is 31.0 Å². The molecule has 0 radical (unpaired) electrons. The summed E-state index contributed by atoms with van der Waals surface area (Å²) in [4.78, 5) is 18.0. The van der Waals surface area contributed by atoms with Gasteiger partial charge in [-0.1, -0.05) is 43.2 Å². The highest BCUT2D eigenvalue weighted by Gasteiger charge is 2.28. The van der Waals surface area contributed by atoms with Crippen molar-refractivity contribution < 1.29 is 32.0 Å². The second-order valence-electron chi connectivity index (χ2n) is 8.02. The molecule has 0 saturated heterocycles. The van der Waals surface area contributed by atoms with Gasteiger partial charge < -0.3 is 24.0 Å². The Balaban J connectivity index is 0.000000252. The summed E-state index contributed by atoms with van der Waals surface area (Å²) in [6.45, 7) is 0. The summed E-state index contributed by atoms with van der Waals surface area (Å²) < 4.78 is 46.7. The summed E-state index contributed by atoms with van der Waals surface area (Å²) in [5, 5.41) is 0.403. The van der Waals surface area contributed by atoms with Gasteiger partial charge in [-0.2, -0.15) is 8.42 Å². The van der Waals surface area contributed by atoms with Gasteiger partial charge in [0, 0.05) is 39.7 Å².